The highest BCUT2D eigenvalue weighted by Gasteiger charge is 2.30. The number of rotatable bonds is 3. The highest BCUT2D eigenvalue weighted by molar-refractivity contribution is 5.58. The fourth-order valence-corrected chi connectivity index (χ4v) is 1.90. The number of nitrogens with zero attached hydrogens (tertiary/aromatic N) is 4. The minimum atomic E-state index is -4.40. The smallest absolute Gasteiger partial charge is 0.324 e. The standard InChI is InChI=1S/C15H10F3N5/c16-15(17,18)10-2-1-3-11(8-10)22-14-21-5-4-12(23-14)13-9-19-6-7-20-13/h1-9H,(H,21,22,23). The largest absolute Gasteiger partial charge is 0.416 e. The summed E-state index contributed by atoms with van der Waals surface area (Å²) >= 11 is 0. The highest BCUT2D eigenvalue weighted by atomic mass is 19.4. The second-order valence-electron chi connectivity index (χ2n) is 4.56. The Kier molecular flexibility index (Phi) is 3.88. The van der Waals surface area contributed by atoms with Crippen LogP contribution in [-0.2, 0) is 6.18 Å². The number of hydrogen-bond donors (Lipinski definition) is 1. The summed E-state index contributed by atoms with van der Waals surface area (Å²) in [5, 5.41) is 2.76. The van der Waals surface area contributed by atoms with Gasteiger partial charge in [-0.1, -0.05) is 6.07 Å². The summed E-state index contributed by atoms with van der Waals surface area (Å²) in [4.78, 5) is 16.3. The van der Waals surface area contributed by atoms with Gasteiger partial charge in [0.05, 0.1) is 17.5 Å². The summed E-state index contributed by atoms with van der Waals surface area (Å²) in [7, 11) is 0. The van der Waals surface area contributed by atoms with Gasteiger partial charge in [0.25, 0.3) is 0 Å². The average Bonchev–Trinajstić information content (AvgIpc) is 2.55. The number of benzene rings is 1. The zero-order valence-electron chi connectivity index (χ0n) is 11.6. The number of halogens is 3. The first-order valence-corrected chi connectivity index (χ1v) is 6.56. The molecule has 116 valence electrons. The van der Waals surface area contributed by atoms with E-state index in [4.69, 9.17) is 0 Å². The molecule has 0 amide bonds. The third kappa shape index (κ3) is 3.60. The molecule has 3 rings (SSSR count). The minimum absolute atomic E-state index is 0.174. The van der Waals surface area contributed by atoms with Gasteiger partial charge in [-0.3, -0.25) is 9.97 Å². The van der Waals surface area contributed by atoms with E-state index in [2.05, 4.69) is 25.3 Å². The molecule has 0 aliphatic heterocycles. The molecular formula is C15H10F3N5. The monoisotopic (exact) mass is 317 g/mol. The summed E-state index contributed by atoms with van der Waals surface area (Å²) in [6.45, 7) is 0. The number of alkyl halides is 3. The SMILES string of the molecule is FC(F)(F)c1cccc(Nc2nccc(-c3cnccn3)n2)c1. The number of hydrogen-bond acceptors (Lipinski definition) is 5. The van der Waals surface area contributed by atoms with Crippen molar-refractivity contribution in [1.29, 1.82) is 0 Å². The molecule has 0 aliphatic rings. The van der Waals surface area contributed by atoms with Gasteiger partial charge in [-0.05, 0) is 24.3 Å². The van der Waals surface area contributed by atoms with Gasteiger partial charge in [0, 0.05) is 24.3 Å². The van der Waals surface area contributed by atoms with Crippen LogP contribution in [0.25, 0.3) is 11.4 Å². The quantitative estimate of drug-likeness (QED) is 0.798. The molecule has 1 N–H and O–H groups in total. The summed E-state index contributed by atoms with van der Waals surface area (Å²) in [6, 6.07) is 6.47. The van der Waals surface area contributed by atoms with Crippen LogP contribution in [0, 0.1) is 0 Å². The topological polar surface area (TPSA) is 63.6 Å². The van der Waals surface area contributed by atoms with Crippen molar-refractivity contribution >= 4 is 11.6 Å². The Balaban J connectivity index is 1.87. The Bertz CT molecular complexity index is 805. The normalized spacial score (nSPS) is 11.3. The van der Waals surface area contributed by atoms with Gasteiger partial charge in [-0.2, -0.15) is 13.2 Å². The summed E-state index contributed by atoms with van der Waals surface area (Å²) in [6.07, 6.45) is 1.69. The van der Waals surface area contributed by atoms with E-state index in [9.17, 15) is 13.2 Å². The molecule has 0 atom stereocenters. The predicted octanol–water partition coefficient (Wildman–Crippen LogP) is 3.70. The molecule has 1 aromatic carbocycles. The van der Waals surface area contributed by atoms with E-state index in [1.807, 2.05) is 0 Å². The molecule has 8 heteroatoms. The molecule has 23 heavy (non-hydrogen) atoms. The first kappa shape index (κ1) is 14.9. The van der Waals surface area contributed by atoms with Gasteiger partial charge in [-0.25, -0.2) is 9.97 Å². The van der Waals surface area contributed by atoms with Gasteiger partial charge < -0.3 is 5.32 Å². The molecule has 2 aromatic heterocycles. The van der Waals surface area contributed by atoms with Crippen LogP contribution in [0.2, 0.25) is 0 Å². The Morgan fingerprint density at radius 3 is 2.52 bits per heavy atom. The molecule has 0 saturated carbocycles. The molecule has 0 bridgehead atoms. The molecule has 0 unspecified atom stereocenters. The fourth-order valence-electron chi connectivity index (χ4n) is 1.90. The molecule has 0 radical (unpaired) electrons. The predicted molar refractivity (Wildman–Crippen MR) is 77.8 cm³/mol. The first-order chi connectivity index (χ1) is 11.0. The summed E-state index contributed by atoms with van der Waals surface area (Å²) in [5.41, 5.74) is 0.563. The number of aromatic nitrogens is 4. The fraction of sp³-hybridized carbons (Fsp3) is 0.0667. The van der Waals surface area contributed by atoms with E-state index >= 15 is 0 Å². The Hall–Kier alpha value is -3.03. The number of nitrogens with one attached hydrogen (secondary N) is 1. The van der Waals surface area contributed by atoms with Crippen molar-refractivity contribution in [3.8, 4) is 11.4 Å². The van der Waals surface area contributed by atoms with E-state index < -0.39 is 11.7 Å². The van der Waals surface area contributed by atoms with Crippen LogP contribution in [-0.4, -0.2) is 19.9 Å². The molecule has 0 saturated heterocycles. The van der Waals surface area contributed by atoms with Crippen LogP contribution in [0.4, 0.5) is 24.8 Å². The van der Waals surface area contributed by atoms with E-state index in [-0.39, 0.29) is 11.6 Å². The zero-order valence-corrected chi connectivity index (χ0v) is 11.6. The van der Waals surface area contributed by atoms with Crippen LogP contribution in [0.15, 0.2) is 55.1 Å². The van der Waals surface area contributed by atoms with Crippen LogP contribution in [0.3, 0.4) is 0 Å². The van der Waals surface area contributed by atoms with Crippen LogP contribution < -0.4 is 5.32 Å². The van der Waals surface area contributed by atoms with Gasteiger partial charge in [0.15, 0.2) is 0 Å². The van der Waals surface area contributed by atoms with Crippen molar-refractivity contribution in [3.63, 3.8) is 0 Å². The lowest BCUT2D eigenvalue weighted by Gasteiger charge is -2.10. The number of anilines is 2. The van der Waals surface area contributed by atoms with Crippen LogP contribution in [0.5, 0.6) is 0 Å². The van der Waals surface area contributed by atoms with E-state index in [0.29, 0.717) is 11.4 Å². The lowest BCUT2D eigenvalue weighted by molar-refractivity contribution is -0.137. The second-order valence-corrected chi connectivity index (χ2v) is 4.56. The lowest BCUT2D eigenvalue weighted by Crippen LogP contribution is -2.05. The van der Waals surface area contributed by atoms with Crippen molar-refractivity contribution in [2.24, 2.45) is 0 Å². The Labute approximate surface area is 129 Å². The third-order valence-corrected chi connectivity index (χ3v) is 2.93. The Morgan fingerprint density at radius 1 is 0.913 bits per heavy atom. The maximum atomic E-state index is 12.7. The van der Waals surface area contributed by atoms with Crippen LogP contribution in [0.1, 0.15) is 5.56 Å². The third-order valence-electron chi connectivity index (χ3n) is 2.93. The molecule has 2 heterocycles. The minimum Gasteiger partial charge on any atom is -0.324 e. The first-order valence-electron chi connectivity index (χ1n) is 6.56. The van der Waals surface area contributed by atoms with Gasteiger partial charge in [-0.15, -0.1) is 0 Å². The molecule has 5 nitrogen and oxygen atoms in total. The van der Waals surface area contributed by atoms with Crippen molar-refractivity contribution in [3.05, 3.63) is 60.7 Å². The van der Waals surface area contributed by atoms with E-state index in [1.54, 1.807) is 6.07 Å². The summed E-state index contributed by atoms with van der Waals surface area (Å²) in [5.74, 6) is 0.174. The van der Waals surface area contributed by atoms with Crippen molar-refractivity contribution < 1.29 is 13.2 Å². The molecule has 0 spiro atoms. The lowest BCUT2D eigenvalue weighted by atomic mass is 10.2. The molecular weight excluding hydrogens is 307 g/mol. The van der Waals surface area contributed by atoms with Crippen molar-refractivity contribution in [2.45, 2.75) is 6.18 Å². The van der Waals surface area contributed by atoms with Crippen molar-refractivity contribution in [1.82, 2.24) is 19.9 Å². The van der Waals surface area contributed by atoms with Gasteiger partial charge >= 0.3 is 6.18 Å². The summed E-state index contributed by atoms with van der Waals surface area (Å²) < 4.78 is 38.2. The highest BCUT2D eigenvalue weighted by Crippen LogP contribution is 2.31. The average molecular weight is 317 g/mol. The molecule has 0 aliphatic carbocycles. The maximum Gasteiger partial charge on any atom is 0.416 e. The van der Waals surface area contributed by atoms with E-state index in [0.717, 1.165) is 12.1 Å². The van der Waals surface area contributed by atoms with Crippen LogP contribution >= 0.6 is 0 Å². The zero-order chi connectivity index (χ0) is 16.3. The Morgan fingerprint density at radius 2 is 1.78 bits per heavy atom. The van der Waals surface area contributed by atoms with Gasteiger partial charge in [0.1, 0.15) is 5.69 Å². The van der Waals surface area contributed by atoms with E-state index in [1.165, 1.54) is 36.9 Å². The maximum absolute atomic E-state index is 12.7. The molecule has 0 fully saturated rings. The van der Waals surface area contributed by atoms with Crippen molar-refractivity contribution in [2.75, 3.05) is 5.32 Å². The molecule has 3 aromatic rings. The second kappa shape index (κ2) is 5.99. The van der Waals surface area contributed by atoms with Gasteiger partial charge in [0.2, 0.25) is 5.95 Å².